The lowest BCUT2D eigenvalue weighted by atomic mass is 10.2. The van der Waals surface area contributed by atoms with E-state index in [1.165, 1.54) is 0 Å². The van der Waals surface area contributed by atoms with Crippen LogP contribution in [0.5, 0.6) is 5.75 Å². The molecule has 2 rings (SSSR count). The SMILES string of the molecule is CC(OC(F)C(F)(F)Oc1ccc(NC(=O)NC(=O)c2c(F)cccc2F)cc1Cl)OC(F)(F)F. The number of halogens is 9. The number of ether oxygens (including phenoxy) is 3. The zero-order valence-corrected chi connectivity index (χ0v) is 17.8. The number of hydrogen-bond donors (Lipinski definition) is 2. The van der Waals surface area contributed by atoms with Crippen molar-refractivity contribution in [1.29, 1.82) is 0 Å². The molecule has 0 aromatic heterocycles. The summed E-state index contributed by atoms with van der Waals surface area (Å²) in [5.41, 5.74) is -1.27. The molecule has 7 nitrogen and oxygen atoms in total. The van der Waals surface area contributed by atoms with Crippen LogP contribution in [-0.2, 0) is 9.47 Å². The number of alkyl halides is 6. The first-order valence-corrected chi connectivity index (χ1v) is 9.43. The minimum atomic E-state index is -5.28. The highest BCUT2D eigenvalue weighted by Gasteiger charge is 2.47. The Hall–Kier alpha value is -3.17. The average molecular weight is 537 g/mol. The number of imide groups is 1. The maximum atomic E-state index is 13.9. The van der Waals surface area contributed by atoms with Gasteiger partial charge in [0.05, 0.1) is 5.02 Å². The van der Waals surface area contributed by atoms with Gasteiger partial charge < -0.3 is 14.8 Å². The van der Waals surface area contributed by atoms with Crippen molar-refractivity contribution in [2.45, 2.75) is 32.0 Å². The number of benzene rings is 2. The van der Waals surface area contributed by atoms with E-state index in [0.29, 0.717) is 13.0 Å². The van der Waals surface area contributed by atoms with Crippen LogP contribution in [0.3, 0.4) is 0 Å². The van der Waals surface area contributed by atoms with E-state index in [0.717, 1.165) is 30.3 Å². The zero-order chi connectivity index (χ0) is 26.6. The zero-order valence-electron chi connectivity index (χ0n) is 17.1. The van der Waals surface area contributed by atoms with Crippen LogP contribution in [-0.4, -0.2) is 37.1 Å². The largest absolute Gasteiger partial charge is 0.524 e. The van der Waals surface area contributed by atoms with Gasteiger partial charge in [-0.15, -0.1) is 13.2 Å². The fraction of sp³-hybridized carbons (Fsp3) is 0.263. The molecule has 192 valence electrons. The molecule has 2 aromatic rings. The average Bonchev–Trinajstić information content (AvgIpc) is 2.68. The van der Waals surface area contributed by atoms with Gasteiger partial charge in [0.1, 0.15) is 22.9 Å². The summed E-state index contributed by atoms with van der Waals surface area (Å²) in [7, 11) is 0. The Morgan fingerprint density at radius 1 is 1.03 bits per heavy atom. The molecule has 2 atom stereocenters. The van der Waals surface area contributed by atoms with E-state index in [1.54, 1.807) is 5.32 Å². The Labute approximate surface area is 195 Å². The van der Waals surface area contributed by atoms with Crippen LogP contribution in [0.4, 0.5) is 45.6 Å². The van der Waals surface area contributed by atoms with Crippen LogP contribution >= 0.6 is 11.6 Å². The van der Waals surface area contributed by atoms with Crippen molar-refractivity contribution in [3.05, 3.63) is 58.6 Å². The Morgan fingerprint density at radius 3 is 2.17 bits per heavy atom. The quantitative estimate of drug-likeness (QED) is 0.332. The number of nitrogens with one attached hydrogen (secondary N) is 2. The molecule has 2 N–H and O–H groups in total. The molecule has 0 aliphatic heterocycles. The van der Waals surface area contributed by atoms with Gasteiger partial charge in [0.2, 0.25) is 0 Å². The van der Waals surface area contributed by atoms with Gasteiger partial charge in [-0.05, 0) is 37.3 Å². The lowest BCUT2D eigenvalue weighted by molar-refractivity contribution is -0.404. The molecular weight excluding hydrogens is 524 g/mol. The Balaban J connectivity index is 2.01. The van der Waals surface area contributed by atoms with Gasteiger partial charge in [-0.2, -0.15) is 8.78 Å². The highest BCUT2D eigenvalue weighted by molar-refractivity contribution is 6.32. The smallest absolute Gasteiger partial charge is 0.427 e. The van der Waals surface area contributed by atoms with E-state index in [-0.39, 0.29) is 5.69 Å². The summed E-state index contributed by atoms with van der Waals surface area (Å²) in [5.74, 6) is -4.78. The van der Waals surface area contributed by atoms with Crippen LogP contribution in [0.25, 0.3) is 0 Å². The number of urea groups is 1. The van der Waals surface area contributed by atoms with Crippen LogP contribution < -0.4 is 15.4 Å². The first kappa shape index (κ1) is 28.1. The minimum absolute atomic E-state index is 0.231. The second-order valence-electron chi connectivity index (χ2n) is 6.40. The summed E-state index contributed by atoms with van der Waals surface area (Å²) >= 11 is 5.73. The summed E-state index contributed by atoms with van der Waals surface area (Å²) in [6, 6.07) is 3.68. The van der Waals surface area contributed by atoms with Crippen molar-refractivity contribution in [2.24, 2.45) is 0 Å². The minimum Gasteiger partial charge on any atom is -0.427 e. The van der Waals surface area contributed by atoms with Crippen molar-refractivity contribution >= 4 is 29.2 Å². The third kappa shape index (κ3) is 8.22. The topological polar surface area (TPSA) is 85.9 Å². The predicted molar refractivity (Wildman–Crippen MR) is 102 cm³/mol. The predicted octanol–water partition coefficient (Wildman–Crippen LogP) is 5.75. The van der Waals surface area contributed by atoms with Gasteiger partial charge in [0.15, 0.2) is 6.29 Å². The van der Waals surface area contributed by atoms with Crippen LogP contribution in [0, 0.1) is 11.6 Å². The summed E-state index contributed by atoms with van der Waals surface area (Å²) in [5, 5.41) is 3.01. The lowest BCUT2D eigenvalue weighted by Crippen LogP contribution is -2.41. The van der Waals surface area contributed by atoms with Crippen molar-refractivity contribution < 1.29 is 58.9 Å². The number of hydrogen-bond acceptors (Lipinski definition) is 5. The Kier molecular flexibility index (Phi) is 8.86. The summed E-state index contributed by atoms with van der Waals surface area (Å²) in [6.45, 7) is 0.514. The number of anilines is 1. The van der Waals surface area contributed by atoms with Crippen molar-refractivity contribution in [2.75, 3.05) is 5.32 Å². The molecule has 35 heavy (non-hydrogen) atoms. The van der Waals surface area contributed by atoms with Gasteiger partial charge in [0, 0.05) is 5.69 Å². The van der Waals surface area contributed by atoms with E-state index in [1.807, 2.05) is 5.32 Å². The van der Waals surface area contributed by atoms with Gasteiger partial charge >= 0.3 is 24.9 Å². The van der Waals surface area contributed by atoms with Gasteiger partial charge in [-0.25, -0.2) is 18.0 Å². The maximum Gasteiger partial charge on any atom is 0.524 e. The third-order valence-corrected chi connectivity index (χ3v) is 4.02. The second-order valence-corrected chi connectivity index (χ2v) is 6.80. The molecule has 0 radical (unpaired) electrons. The third-order valence-electron chi connectivity index (χ3n) is 3.73. The van der Waals surface area contributed by atoms with E-state index in [2.05, 4.69) is 14.2 Å². The molecule has 0 saturated heterocycles. The lowest BCUT2D eigenvalue weighted by Gasteiger charge is -2.25. The molecular formula is C19H13ClF8N2O5. The van der Waals surface area contributed by atoms with E-state index < -0.39 is 65.0 Å². The van der Waals surface area contributed by atoms with Crippen LogP contribution in [0.15, 0.2) is 36.4 Å². The number of rotatable bonds is 8. The molecule has 0 saturated carbocycles. The molecule has 0 fully saturated rings. The van der Waals surface area contributed by atoms with Crippen molar-refractivity contribution in [1.82, 2.24) is 5.32 Å². The highest BCUT2D eigenvalue weighted by atomic mass is 35.5. The maximum absolute atomic E-state index is 13.9. The first-order chi connectivity index (χ1) is 16.1. The fourth-order valence-electron chi connectivity index (χ4n) is 2.36. The Bertz CT molecular complexity index is 1070. The van der Waals surface area contributed by atoms with Crippen LogP contribution in [0.2, 0.25) is 5.02 Å². The molecule has 0 aliphatic rings. The molecule has 2 unspecified atom stereocenters. The molecule has 0 heterocycles. The van der Waals surface area contributed by atoms with E-state index >= 15 is 0 Å². The standard InChI is InChI=1S/C19H13ClF8N2O5/c1-8(34-19(26,27)28)33-16(23)18(24,25)35-13-6-5-9(7-10(13)20)29-17(32)30-15(31)14-11(21)3-2-4-12(14)22/h2-8,16H,1H3,(H2,29,30,31,32). The summed E-state index contributed by atoms with van der Waals surface area (Å²) in [4.78, 5) is 23.8. The molecule has 16 heteroatoms. The number of amides is 3. The van der Waals surface area contributed by atoms with Gasteiger partial charge in [-0.1, -0.05) is 17.7 Å². The molecule has 0 aliphatic carbocycles. The van der Waals surface area contributed by atoms with E-state index in [4.69, 9.17) is 11.6 Å². The first-order valence-electron chi connectivity index (χ1n) is 9.06. The Morgan fingerprint density at radius 2 is 1.63 bits per heavy atom. The normalized spacial score (nSPS) is 13.7. The molecule has 3 amide bonds. The monoisotopic (exact) mass is 536 g/mol. The van der Waals surface area contributed by atoms with Crippen molar-refractivity contribution in [3.63, 3.8) is 0 Å². The number of carbonyl (C=O) groups excluding carboxylic acids is 2. The highest BCUT2D eigenvalue weighted by Crippen LogP contribution is 2.35. The summed E-state index contributed by atoms with van der Waals surface area (Å²) < 4.78 is 116. The fourth-order valence-corrected chi connectivity index (χ4v) is 2.58. The van der Waals surface area contributed by atoms with Crippen molar-refractivity contribution in [3.8, 4) is 5.75 Å². The van der Waals surface area contributed by atoms with Crippen LogP contribution in [0.1, 0.15) is 17.3 Å². The number of carbonyl (C=O) groups is 2. The van der Waals surface area contributed by atoms with Gasteiger partial charge in [-0.3, -0.25) is 14.8 Å². The summed E-state index contributed by atoms with van der Waals surface area (Å²) in [6.07, 6.45) is -16.2. The van der Waals surface area contributed by atoms with E-state index in [9.17, 15) is 44.7 Å². The second kappa shape index (κ2) is 11.0. The molecule has 0 bridgehead atoms. The van der Waals surface area contributed by atoms with Gasteiger partial charge in [0.25, 0.3) is 5.91 Å². The molecule has 0 spiro atoms. The molecule has 2 aromatic carbocycles.